The third-order valence-corrected chi connectivity index (χ3v) is 4.31. The lowest BCUT2D eigenvalue weighted by Gasteiger charge is -2.31. The van der Waals surface area contributed by atoms with E-state index >= 15 is 0 Å². The van der Waals surface area contributed by atoms with Gasteiger partial charge in [-0.3, -0.25) is 4.79 Å². The molecule has 1 saturated heterocycles. The van der Waals surface area contributed by atoms with Crippen molar-refractivity contribution in [3.63, 3.8) is 0 Å². The van der Waals surface area contributed by atoms with E-state index in [1.54, 1.807) is 0 Å². The van der Waals surface area contributed by atoms with Crippen LogP contribution in [0.5, 0.6) is 0 Å². The van der Waals surface area contributed by atoms with Crippen molar-refractivity contribution < 1.29 is 4.79 Å². The molecule has 3 N–H and O–H groups in total. The van der Waals surface area contributed by atoms with Crippen molar-refractivity contribution in [2.45, 2.75) is 63.5 Å². The SMILES string of the molecule is CC(CN1CCCCC1)NC(=O)C1(N)CCCC1. The van der Waals surface area contributed by atoms with Crippen molar-refractivity contribution in [2.24, 2.45) is 5.73 Å². The number of rotatable bonds is 4. The molecule has 1 unspecified atom stereocenters. The Kier molecular flexibility index (Phi) is 4.62. The Labute approximate surface area is 110 Å². The molecule has 0 radical (unpaired) electrons. The minimum absolute atomic E-state index is 0.0597. The molecule has 4 heteroatoms. The van der Waals surface area contributed by atoms with E-state index in [0.717, 1.165) is 32.2 Å². The van der Waals surface area contributed by atoms with E-state index in [1.165, 1.54) is 32.4 Å². The first-order chi connectivity index (χ1) is 8.60. The number of carbonyl (C=O) groups excluding carboxylic acids is 1. The summed E-state index contributed by atoms with van der Waals surface area (Å²) in [6.07, 6.45) is 7.80. The zero-order chi connectivity index (χ0) is 13.0. The van der Waals surface area contributed by atoms with Crippen LogP contribution in [0.15, 0.2) is 0 Å². The van der Waals surface area contributed by atoms with Gasteiger partial charge < -0.3 is 16.0 Å². The first-order valence-electron chi connectivity index (χ1n) is 7.42. The number of nitrogens with zero attached hydrogens (tertiary/aromatic N) is 1. The summed E-state index contributed by atoms with van der Waals surface area (Å²) < 4.78 is 0. The number of hydrogen-bond acceptors (Lipinski definition) is 3. The average molecular weight is 253 g/mol. The Morgan fingerprint density at radius 2 is 1.83 bits per heavy atom. The van der Waals surface area contributed by atoms with Crippen molar-refractivity contribution in [1.82, 2.24) is 10.2 Å². The topological polar surface area (TPSA) is 58.4 Å². The van der Waals surface area contributed by atoms with Crippen molar-refractivity contribution in [1.29, 1.82) is 0 Å². The third kappa shape index (κ3) is 3.45. The molecule has 1 aliphatic carbocycles. The lowest BCUT2D eigenvalue weighted by Crippen LogP contribution is -2.55. The van der Waals surface area contributed by atoms with Crippen molar-refractivity contribution in [2.75, 3.05) is 19.6 Å². The molecule has 4 nitrogen and oxygen atoms in total. The number of carbonyl (C=O) groups is 1. The summed E-state index contributed by atoms with van der Waals surface area (Å²) in [6, 6.07) is 0.205. The Bertz CT molecular complexity index is 281. The van der Waals surface area contributed by atoms with Gasteiger partial charge in [-0.05, 0) is 45.7 Å². The maximum absolute atomic E-state index is 12.2. The molecule has 0 aromatic carbocycles. The van der Waals surface area contributed by atoms with Crippen molar-refractivity contribution >= 4 is 5.91 Å². The number of nitrogens with two attached hydrogens (primary N) is 1. The zero-order valence-electron chi connectivity index (χ0n) is 11.6. The van der Waals surface area contributed by atoms with Crippen LogP contribution < -0.4 is 11.1 Å². The summed E-state index contributed by atoms with van der Waals surface area (Å²) in [4.78, 5) is 14.6. The van der Waals surface area contributed by atoms with Crippen LogP contribution in [0.4, 0.5) is 0 Å². The second-order valence-corrected chi connectivity index (χ2v) is 6.10. The molecule has 1 heterocycles. The Morgan fingerprint density at radius 3 is 2.44 bits per heavy atom. The summed E-state index contributed by atoms with van der Waals surface area (Å²) in [7, 11) is 0. The van der Waals surface area contributed by atoms with E-state index in [2.05, 4.69) is 17.1 Å². The van der Waals surface area contributed by atoms with Crippen LogP contribution in [0, 0.1) is 0 Å². The molecule has 0 bridgehead atoms. The molecule has 1 aliphatic heterocycles. The van der Waals surface area contributed by atoms with Gasteiger partial charge in [0.2, 0.25) is 5.91 Å². The molecular formula is C14H27N3O. The van der Waals surface area contributed by atoms with Crippen molar-refractivity contribution in [3.05, 3.63) is 0 Å². The molecule has 0 aromatic rings. The Balaban J connectivity index is 1.76. The monoisotopic (exact) mass is 253 g/mol. The standard InChI is InChI=1S/C14H27N3O/c1-12(11-17-9-5-2-6-10-17)16-13(18)14(15)7-3-4-8-14/h12H,2-11,15H2,1H3,(H,16,18). The fourth-order valence-corrected chi connectivity index (χ4v) is 3.18. The van der Waals surface area contributed by atoms with Crippen LogP contribution in [-0.2, 0) is 4.79 Å². The molecule has 1 amide bonds. The largest absolute Gasteiger partial charge is 0.351 e. The van der Waals surface area contributed by atoms with E-state index in [1.807, 2.05) is 0 Å². The fourth-order valence-electron chi connectivity index (χ4n) is 3.18. The summed E-state index contributed by atoms with van der Waals surface area (Å²) in [6.45, 7) is 5.40. The Hall–Kier alpha value is -0.610. The van der Waals surface area contributed by atoms with Gasteiger partial charge >= 0.3 is 0 Å². The smallest absolute Gasteiger partial charge is 0.240 e. The highest BCUT2D eigenvalue weighted by atomic mass is 16.2. The van der Waals surface area contributed by atoms with E-state index < -0.39 is 5.54 Å². The maximum atomic E-state index is 12.2. The fraction of sp³-hybridized carbons (Fsp3) is 0.929. The second-order valence-electron chi connectivity index (χ2n) is 6.10. The number of nitrogens with one attached hydrogen (secondary N) is 1. The predicted octanol–water partition coefficient (Wildman–Crippen LogP) is 1.25. The molecule has 18 heavy (non-hydrogen) atoms. The highest BCUT2D eigenvalue weighted by Gasteiger charge is 2.37. The highest BCUT2D eigenvalue weighted by molar-refractivity contribution is 5.86. The van der Waals surface area contributed by atoms with E-state index in [9.17, 15) is 4.79 Å². The summed E-state index contributed by atoms with van der Waals surface area (Å²) in [5, 5.41) is 3.10. The van der Waals surface area contributed by atoms with Crippen LogP contribution >= 0.6 is 0 Å². The van der Waals surface area contributed by atoms with Crippen LogP contribution in [0.25, 0.3) is 0 Å². The van der Waals surface area contributed by atoms with E-state index in [-0.39, 0.29) is 11.9 Å². The van der Waals surface area contributed by atoms with Gasteiger partial charge in [-0.1, -0.05) is 19.3 Å². The Morgan fingerprint density at radius 1 is 1.22 bits per heavy atom. The second kappa shape index (κ2) is 6.02. The van der Waals surface area contributed by atoms with E-state index in [0.29, 0.717) is 0 Å². The summed E-state index contributed by atoms with van der Waals surface area (Å²) in [5.74, 6) is 0.0597. The molecular weight excluding hydrogens is 226 g/mol. The maximum Gasteiger partial charge on any atom is 0.240 e. The minimum Gasteiger partial charge on any atom is -0.351 e. The van der Waals surface area contributed by atoms with Gasteiger partial charge in [0.05, 0.1) is 5.54 Å². The first kappa shape index (κ1) is 13.8. The van der Waals surface area contributed by atoms with Crippen LogP contribution in [0.2, 0.25) is 0 Å². The number of likely N-dealkylation sites (tertiary alicyclic amines) is 1. The van der Waals surface area contributed by atoms with Crippen molar-refractivity contribution in [3.8, 4) is 0 Å². The molecule has 2 aliphatic rings. The first-order valence-corrected chi connectivity index (χ1v) is 7.42. The van der Waals surface area contributed by atoms with Gasteiger partial charge in [-0.2, -0.15) is 0 Å². The molecule has 1 saturated carbocycles. The lowest BCUT2D eigenvalue weighted by atomic mass is 9.97. The van der Waals surface area contributed by atoms with Gasteiger partial charge in [0.1, 0.15) is 0 Å². The molecule has 0 aromatic heterocycles. The van der Waals surface area contributed by atoms with Crippen LogP contribution in [0.1, 0.15) is 51.9 Å². The summed E-state index contributed by atoms with van der Waals surface area (Å²) in [5.41, 5.74) is 5.57. The molecule has 1 atom stereocenters. The molecule has 2 rings (SSSR count). The quantitative estimate of drug-likeness (QED) is 0.793. The molecule has 104 valence electrons. The average Bonchev–Trinajstić information content (AvgIpc) is 2.78. The predicted molar refractivity (Wildman–Crippen MR) is 73.3 cm³/mol. The highest BCUT2D eigenvalue weighted by Crippen LogP contribution is 2.27. The van der Waals surface area contributed by atoms with Gasteiger partial charge in [0, 0.05) is 12.6 Å². The third-order valence-electron chi connectivity index (χ3n) is 4.31. The van der Waals surface area contributed by atoms with Gasteiger partial charge in [-0.25, -0.2) is 0 Å². The van der Waals surface area contributed by atoms with Gasteiger partial charge in [0.25, 0.3) is 0 Å². The molecule has 2 fully saturated rings. The number of hydrogen-bond donors (Lipinski definition) is 2. The minimum atomic E-state index is -0.587. The normalized spacial score (nSPS) is 25.9. The molecule has 0 spiro atoms. The zero-order valence-corrected chi connectivity index (χ0v) is 11.6. The number of piperidine rings is 1. The van der Waals surface area contributed by atoms with Crippen LogP contribution in [0.3, 0.4) is 0 Å². The number of amides is 1. The van der Waals surface area contributed by atoms with Crippen LogP contribution in [-0.4, -0.2) is 42.0 Å². The van der Waals surface area contributed by atoms with Gasteiger partial charge in [-0.15, -0.1) is 0 Å². The lowest BCUT2D eigenvalue weighted by molar-refractivity contribution is -0.126. The summed E-state index contributed by atoms with van der Waals surface area (Å²) >= 11 is 0. The van der Waals surface area contributed by atoms with Gasteiger partial charge in [0.15, 0.2) is 0 Å². The van der Waals surface area contributed by atoms with E-state index in [4.69, 9.17) is 5.73 Å².